The third-order valence-electron chi connectivity index (χ3n) is 7.51. The van der Waals surface area contributed by atoms with Crippen LogP contribution in [0.3, 0.4) is 0 Å². The number of nitrogens with zero attached hydrogens (tertiary/aromatic N) is 2. The van der Waals surface area contributed by atoms with Crippen molar-refractivity contribution >= 4 is 5.91 Å². The molecule has 0 unspecified atom stereocenters. The second-order valence-corrected chi connectivity index (χ2v) is 9.01. The minimum atomic E-state index is 0.147. The van der Waals surface area contributed by atoms with Crippen molar-refractivity contribution < 1.29 is 14.3 Å². The molecule has 2 heterocycles. The topological polar surface area (TPSA) is 42.0 Å². The molecule has 4 rings (SSSR count). The summed E-state index contributed by atoms with van der Waals surface area (Å²) in [7, 11) is 3.94. The van der Waals surface area contributed by atoms with Crippen LogP contribution in [0.5, 0.6) is 0 Å². The molecule has 0 N–H and O–H groups in total. The number of carbonyl (C=O) groups excluding carboxylic acids is 1. The predicted molar refractivity (Wildman–Crippen MR) is 109 cm³/mol. The van der Waals surface area contributed by atoms with Gasteiger partial charge in [-0.15, -0.1) is 0 Å². The van der Waals surface area contributed by atoms with Gasteiger partial charge in [0.05, 0.1) is 19.3 Å². The third kappa shape index (κ3) is 3.38. The number of hydrogen-bond acceptors (Lipinski definition) is 4. The summed E-state index contributed by atoms with van der Waals surface area (Å²) in [6, 6.07) is 12.2. The molecule has 3 fully saturated rings. The predicted octanol–water partition coefficient (Wildman–Crippen LogP) is 2.73. The lowest BCUT2D eigenvalue weighted by atomic mass is 9.64. The maximum Gasteiger partial charge on any atom is 0.249 e. The van der Waals surface area contributed by atoms with Crippen LogP contribution in [0.2, 0.25) is 0 Å². The fraction of sp³-hybridized carbons (Fsp3) is 0.696. The fourth-order valence-corrected chi connectivity index (χ4v) is 6.26. The number of ether oxygens (including phenoxy) is 2. The van der Waals surface area contributed by atoms with Gasteiger partial charge in [0.2, 0.25) is 5.91 Å². The van der Waals surface area contributed by atoms with Crippen molar-refractivity contribution in [2.75, 3.05) is 34.0 Å². The Morgan fingerprint density at radius 3 is 2.68 bits per heavy atom. The molecule has 2 aliphatic heterocycles. The number of methoxy groups -OCH3 is 1. The van der Waals surface area contributed by atoms with Gasteiger partial charge in [-0.1, -0.05) is 37.3 Å². The molecule has 28 heavy (non-hydrogen) atoms. The number of likely N-dealkylation sites (tertiary alicyclic amines) is 2. The normalized spacial score (nSPS) is 34.6. The number of amides is 1. The molecule has 1 aromatic carbocycles. The molecule has 1 aromatic rings. The Hall–Kier alpha value is -1.43. The molecule has 5 heteroatoms. The summed E-state index contributed by atoms with van der Waals surface area (Å²) in [4.78, 5) is 18.2. The van der Waals surface area contributed by atoms with Crippen molar-refractivity contribution in [3.05, 3.63) is 35.9 Å². The Morgan fingerprint density at radius 1 is 1.18 bits per heavy atom. The van der Waals surface area contributed by atoms with Crippen LogP contribution in [-0.4, -0.2) is 73.9 Å². The van der Waals surface area contributed by atoms with E-state index < -0.39 is 0 Å². The Balaban J connectivity index is 1.61. The summed E-state index contributed by atoms with van der Waals surface area (Å²) in [5.74, 6) is 0.147. The average Bonchev–Trinajstić information content (AvgIpc) is 2.97. The highest BCUT2D eigenvalue weighted by atomic mass is 16.5. The number of hydrogen-bond donors (Lipinski definition) is 0. The lowest BCUT2D eigenvalue weighted by Gasteiger charge is -2.53. The quantitative estimate of drug-likeness (QED) is 0.676. The molecule has 154 valence electrons. The van der Waals surface area contributed by atoms with Crippen LogP contribution in [-0.2, 0) is 20.7 Å². The lowest BCUT2D eigenvalue weighted by molar-refractivity contribution is -0.150. The van der Waals surface area contributed by atoms with Crippen LogP contribution >= 0.6 is 0 Å². The molecule has 0 radical (unpaired) electrons. The summed E-state index contributed by atoms with van der Waals surface area (Å²) in [6.07, 6.45) is 5.69. The molecular formula is C23H34N2O3. The van der Waals surface area contributed by atoms with Gasteiger partial charge in [-0.2, -0.15) is 0 Å². The van der Waals surface area contributed by atoms with E-state index in [0.717, 1.165) is 12.8 Å². The van der Waals surface area contributed by atoms with Crippen molar-refractivity contribution in [1.29, 1.82) is 0 Å². The molecular weight excluding hydrogens is 352 g/mol. The van der Waals surface area contributed by atoms with Crippen molar-refractivity contribution in [1.82, 2.24) is 9.80 Å². The van der Waals surface area contributed by atoms with Gasteiger partial charge in [0.15, 0.2) is 0 Å². The SMILES string of the molecule is COCCOCC(=O)N1[C@H](Cc2ccccc2)[C@@H]2C[C@@]3(C)[C@H](CCC[C@@H]13)N2C. The molecule has 2 bridgehead atoms. The molecule has 3 aliphatic rings. The van der Waals surface area contributed by atoms with Crippen LogP contribution in [0.15, 0.2) is 30.3 Å². The third-order valence-corrected chi connectivity index (χ3v) is 7.51. The highest BCUT2D eigenvalue weighted by Gasteiger charge is 2.62. The van der Waals surface area contributed by atoms with E-state index in [1.54, 1.807) is 7.11 Å². The Morgan fingerprint density at radius 2 is 1.93 bits per heavy atom. The minimum absolute atomic E-state index is 0.147. The number of fused-ring (bicyclic) bond motifs is 1. The first kappa shape index (κ1) is 19.9. The first-order chi connectivity index (χ1) is 13.6. The molecule has 0 spiro atoms. The smallest absolute Gasteiger partial charge is 0.249 e. The molecule has 1 saturated carbocycles. The summed E-state index contributed by atoms with van der Waals surface area (Å²) in [6.45, 7) is 3.56. The summed E-state index contributed by atoms with van der Waals surface area (Å²) >= 11 is 0. The number of likely N-dealkylation sites (N-methyl/N-ethyl adjacent to an activating group) is 1. The molecule has 5 atom stereocenters. The minimum Gasteiger partial charge on any atom is -0.382 e. The van der Waals surface area contributed by atoms with Gasteiger partial charge in [0.1, 0.15) is 6.61 Å². The van der Waals surface area contributed by atoms with Gasteiger partial charge in [-0.25, -0.2) is 0 Å². The highest BCUT2D eigenvalue weighted by Crippen LogP contribution is 2.55. The van der Waals surface area contributed by atoms with Gasteiger partial charge in [-0.3, -0.25) is 9.69 Å². The van der Waals surface area contributed by atoms with Crippen LogP contribution in [0.4, 0.5) is 0 Å². The number of benzene rings is 1. The molecule has 5 nitrogen and oxygen atoms in total. The van der Waals surface area contributed by atoms with Crippen molar-refractivity contribution in [3.63, 3.8) is 0 Å². The Bertz CT molecular complexity index is 682. The van der Waals surface area contributed by atoms with Crippen LogP contribution in [0.25, 0.3) is 0 Å². The highest BCUT2D eigenvalue weighted by molar-refractivity contribution is 5.79. The van der Waals surface area contributed by atoms with Gasteiger partial charge >= 0.3 is 0 Å². The maximum absolute atomic E-state index is 13.4. The summed E-state index contributed by atoms with van der Waals surface area (Å²) in [5, 5.41) is 0. The largest absolute Gasteiger partial charge is 0.382 e. The number of carbonyl (C=O) groups is 1. The fourth-order valence-electron chi connectivity index (χ4n) is 6.26. The van der Waals surface area contributed by atoms with E-state index >= 15 is 0 Å². The van der Waals surface area contributed by atoms with E-state index in [0.29, 0.717) is 31.3 Å². The first-order valence-electron chi connectivity index (χ1n) is 10.7. The van der Waals surface area contributed by atoms with Crippen molar-refractivity contribution in [3.8, 4) is 0 Å². The zero-order valence-corrected chi connectivity index (χ0v) is 17.5. The van der Waals surface area contributed by atoms with E-state index in [9.17, 15) is 4.79 Å². The van der Waals surface area contributed by atoms with Gasteiger partial charge in [-0.05, 0) is 44.7 Å². The molecule has 2 saturated heterocycles. The second-order valence-electron chi connectivity index (χ2n) is 9.01. The van der Waals surface area contributed by atoms with Crippen molar-refractivity contribution in [2.45, 2.75) is 63.2 Å². The monoisotopic (exact) mass is 386 g/mol. The zero-order valence-electron chi connectivity index (χ0n) is 17.5. The van der Waals surface area contributed by atoms with E-state index in [-0.39, 0.29) is 24.0 Å². The van der Waals surface area contributed by atoms with Crippen LogP contribution in [0.1, 0.15) is 38.2 Å². The standard InChI is InChI=1S/C23H34N2O3/c1-23-15-19-18(14-17-8-5-4-6-9-17)25(22(26)16-28-13-12-27-3)21(23)11-7-10-20(23)24(19)2/h4-6,8-9,18-21H,7,10-16H2,1-3H3/t18-,19+,20+,21-,23+/m1/s1. The van der Waals surface area contributed by atoms with E-state index in [2.05, 4.69) is 54.1 Å². The summed E-state index contributed by atoms with van der Waals surface area (Å²) < 4.78 is 10.7. The van der Waals surface area contributed by atoms with Gasteiger partial charge in [0.25, 0.3) is 0 Å². The van der Waals surface area contributed by atoms with E-state index in [4.69, 9.17) is 9.47 Å². The molecule has 1 amide bonds. The average molecular weight is 387 g/mol. The first-order valence-corrected chi connectivity index (χ1v) is 10.7. The summed E-state index contributed by atoms with van der Waals surface area (Å²) in [5.41, 5.74) is 1.51. The van der Waals surface area contributed by atoms with Crippen LogP contribution in [0, 0.1) is 5.41 Å². The van der Waals surface area contributed by atoms with E-state index in [1.165, 1.54) is 24.8 Å². The maximum atomic E-state index is 13.4. The second kappa shape index (κ2) is 8.13. The lowest BCUT2D eigenvalue weighted by Crippen LogP contribution is -2.63. The number of piperidine rings is 1. The zero-order chi connectivity index (χ0) is 19.7. The van der Waals surface area contributed by atoms with E-state index in [1.807, 2.05) is 0 Å². The molecule has 0 aromatic heterocycles. The number of rotatable bonds is 7. The Labute approximate surface area is 169 Å². The van der Waals surface area contributed by atoms with Gasteiger partial charge in [0, 0.05) is 30.7 Å². The molecule has 1 aliphatic carbocycles. The van der Waals surface area contributed by atoms with Crippen molar-refractivity contribution in [2.24, 2.45) is 5.41 Å². The Kier molecular flexibility index (Phi) is 5.77. The van der Waals surface area contributed by atoms with Crippen LogP contribution < -0.4 is 0 Å². The van der Waals surface area contributed by atoms with Gasteiger partial charge < -0.3 is 14.4 Å².